The van der Waals surface area contributed by atoms with Gasteiger partial charge in [-0.3, -0.25) is 0 Å². The minimum Gasteiger partial charge on any atom is -0.367 e. The van der Waals surface area contributed by atoms with Crippen molar-refractivity contribution in [3.05, 3.63) is 17.0 Å². The molecule has 1 aliphatic carbocycles. The molecule has 0 bridgehead atoms. The summed E-state index contributed by atoms with van der Waals surface area (Å²) in [5, 5.41) is 4.08. The molecule has 1 N–H and O–H groups in total. The van der Waals surface area contributed by atoms with Crippen molar-refractivity contribution in [3.8, 4) is 0 Å². The fourth-order valence-corrected chi connectivity index (χ4v) is 2.80. The van der Waals surface area contributed by atoms with Crippen LogP contribution in [0.25, 0.3) is 0 Å². The number of anilines is 1. The van der Waals surface area contributed by atoms with Crippen molar-refractivity contribution in [1.82, 2.24) is 9.97 Å². The molecular formula is C14H22ClN3. The maximum atomic E-state index is 6.02. The average molecular weight is 268 g/mol. The Morgan fingerprint density at radius 3 is 2.83 bits per heavy atom. The van der Waals surface area contributed by atoms with E-state index in [1.807, 2.05) is 13.0 Å². The normalized spacial score (nSPS) is 24.6. The highest BCUT2D eigenvalue weighted by atomic mass is 35.5. The molecule has 100 valence electrons. The summed E-state index contributed by atoms with van der Waals surface area (Å²) in [6, 6.07) is 2.35. The predicted octanol–water partition coefficient (Wildman–Crippen LogP) is 4.07. The first kappa shape index (κ1) is 13.6. The van der Waals surface area contributed by atoms with E-state index in [1.54, 1.807) is 0 Å². The number of nitrogens with one attached hydrogen (secondary N) is 1. The van der Waals surface area contributed by atoms with Gasteiger partial charge < -0.3 is 5.32 Å². The molecule has 4 heteroatoms. The van der Waals surface area contributed by atoms with E-state index in [0.717, 1.165) is 18.1 Å². The van der Waals surface area contributed by atoms with Crippen molar-refractivity contribution < 1.29 is 0 Å². The molecule has 2 rings (SSSR count). The van der Waals surface area contributed by atoms with Gasteiger partial charge >= 0.3 is 0 Å². The van der Waals surface area contributed by atoms with Crippen molar-refractivity contribution >= 4 is 17.4 Å². The lowest BCUT2D eigenvalue weighted by Crippen LogP contribution is -2.26. The fourth-order valence-electron chi connectivity index (χ4n) is 2.59. The summed E-state index contributed by atoms with van der Waals surface area (Å²) < 4.78 is 0. The molecule has 1 aromatic rings. The Kier molecular flexibility index (Phi) is 4.81. The highest BCUT2D eigenvalue weighted by molar-refractivity contribution is 6.29. The van der Waals surface area contributed by atoms with Crippen LogP contribution in [0.4, 0.5) is 5.82 Å². The van der Waals surface area contributed by atoms with Gasteiger partial charge in [-0.2, -0.15) is 0 Å². The molecule has 0 radical (unpaired) electrons. The third-order valence-corrected chi connectivity index (χ3v) is 3.95. The number of aromatic nitrogens is 2. The van der Waals surface area contributed by atoms with Gasteiger partial charge in [0.15, 0.2) is 0 Å². The van der Waals surface area contributed by atoms with E-state index in [9.17, 15) is 0 Å². The predicted molar refractivity (Wildman–Crippen MR) is 76.1 cm³/mol. The van der Waals surface area contributed by atoms with Crippen molar-refractivity contribution in [3.63, 3.8) is 0 Å². The van der Waals surface area contributed by atoms with E-state index in [1.165, 1.54) is 32.1 Å². The zero-order valence-electron chi connectivity index (χ0n) is 11.2. The summed E-state index contributed by atoms with van der Waals surface area (Å²) in [4.78, 5) is 8.70. The van der Waals surface area contributed by atoms with Crippen molar-refractivity contribution in [2.24, 2.45) is 5.92 Å². The molecular weight excluding hydrogens is 246 g/mol. The van der Waals surface area contributed by atoms with Crippen LogP contribution in [0.15, 0.2) is 6.07 Å². The van der Waals surface area contributed by atoms with Gasteiger partial charge in [-0.15, -0.1) is 0 Å². The van der Waals surface area contributed by atoms with Crippen LogP contribution in [0.1, 0.15) is 51.8 Å². The topological polar surface area (TPSA) is 37.8 Å². The average Bonchev–Trinajstić information content (AvgIpc) is 2.54. The third kappa shape index (κ3) is 3.58. The number of aryl methyl sites for hydroxylation is 1. The molecule has 1 heterocycles. The molecule has 2 unspecified atom stereocenters. The van der Waals surface area contributed by atoms with Crippen LogP contribution < -0.4 is 5.32 Å². The Bertz CT molecular complexity index is 395. The first-order valence-electron chi connectivity index (χ1n) is 6.99. The largest absolute Gasteiger partial charge is 0.367 e. The second-order valence-corrected chi connectivity index (χ2v) is 5.60. The highest BCUT2D eigenvalue weighted by Crippen LogP contribution is 2.26. The van der Waals surface area contributed by atoms with Crippen molar-refractivity contribution in [1.29, 1.82) is 0 Å². The minimum atomic E-state index is 0.517. The first-order chi connectivity index (χ1) is 8.69. The van der Waals surface area contributed by atoms with Crippen LogP contribution in [0.3, 0.4) is 0 Å². The van der Waals surface area contributed by atoms with Crippen LogP contribution in [-0.4, -0.2) is 16.0 Å². The molecule has 1 aliphatic rings. The molecule has 18 heavy (non-hydrogen) atoms. The lowest BCUT2D eigenvalue weighted by atomic mass is 9.97. The zero-order chi connectivity index (χ0) is 13.0. The van der Waals surface area contributed by atoms with Gasteiger partial charge in [-0.25, -0.2) is 9.97 Å². The molecule has 1 fully saturated rings. The summed E-state index contributed by atoms with van der Waals surface area (Å²) in [7, 11) is 0. The SMILES string of the molecule is CCc1nc(Cl)cc(NC2CCCCCC2C)n1. The lowest BCUT2D eigenvalue weighted by molar-refractivity contribution is 0.455. The minimum absolute atomic E-state index is 0.517. The summed E-state index contributed by atoms with van der Waals surface area (Å²) in [5.74, 6) is 2.39. The van der Waals surface area contributed by atoms with Gasteiger partial charge in [0.2, 0.25) is 0 Å². The quantitative estimate of drug-likeness (QED) is 0.663. The summed E-state index contributed by atoms with van der Waals surface area (Å²) in [5.41, 5.74) is 0. The van der Waals surface area contributed by atoms with Crippen LogP contribution in [-0.2, 0) is 6.42 Å². The second-order valence-electron chi connectivity index (χ2n) is 5.21. The van der Waals surface area contributed by atoms with Crippen molar-refractivity contribution in [2.45, 2.75) is 58.4 Å². The Balaban J connectivity index is 2.09. The van der Waals surface area contributed by atoms with Gasteiger partial charge in [-0.05, 0) is 18.8 Å². The van der Waals surface area contributed by atoms with Crippen LogP contribution in [0, 0.1) is 5.92 Å². The van der Waals surface area contributed by atoms with E-state index < -0.39 is 0 Å². The van der Waals surface area contributed by atoms with E-state index in [4.69, 9.17) is 11.6 Å². The van der Waals surface area contributed by atoms with E-state index >= 15 is 0 Å². The summed E-state index contributed by atoms with van der Waals surface area (Å²) in [6.07, 6.45) is 7.36. The van der Waals surface area contributed by atoms with E-state index in [0.29, 0.717) is 17.1 Å². The number of halogens is 1. The molecule has 0 spiro atoms. The van der Waals surface area contributed by atoms with E-state index in [-0.39, 0.29) is 0 Å². The van der Waals surface area contributed by atoms with Crippen LogP contribution in [0.2, 0.25) is 5.15 Å². The van der Waals surface area contributed by atoms with Gasteiger partial charge in [0.05, 0.1) is 0 Å². The smallest absolute Gasteiger partial charge is 0.134 e. The van der Waals surface area contributed by atoms with E-state index in [2.05, 4.69) is 22.2 Å². The zero-order valence-corrected chi connectivity index (χ0v) is 12.0. The Hall–Kier alpha value is -0.830. The Labute approximate surface area is 114 Å². The lowest BCUT2D eigenvalue weighted by Gasteiger charge is -2.23. The Morgan fingerprint density at radius 2 is 2.06 bits per heavy atom. The fraction of sp³-hybridized carbons (Fsp3) is 0.714. The molecule has 0 amide bonds. The molecule has 1 saturated carbocycles. The van der Waals surface area contributed by atoms with Crippen LogP contribution in [0.5, 0.6) is 0 Å². The number of hydrogen-bond acceptors (Lipinski definition) is 3. The number of hydrogen-bond donors (Lipinski definition) is 1. The third-order valence-electron chi connectivity index (χ3n) is 3.75. The Morgan fingerprint density at radius 1 is 1.28 bits per heavy atom. The monoisotopic (exact) mass is 267 g/mol. The van der Waals surface area contributed by atoms with Crippen molar-refractivity contribution in [2.75, 3.05) is 5.32 Å². The van der Waals surface area contributed by atoms with Crippen LogP contribution >= 0.6 is 11.6 Å². The maximum absolute atomic E-state index is 6.02. The van der Waals surface area contributed by atoms with Gasteiger partial charge in [-0.1, -0.05) is 44.7 Å². The summed E-state index contributed by atoms with van der Waals surface area (Å²) in [6.45, 7) is 4.37. The maximum Gasteiger partial charge on any atom is 0.134 e. The number of nitrogens with zero attached hydrogens (tertiary/aromatic N) is 2. The molecule has 1 aromatic heterocycles. The van der Waals surface area contributed by atoms with Gasteiger partial charge in [0.1, 0.15) is 16.8 Å². The molecule has 0 aliphatic heterocycles. The number of rotatable bonds is 3. The first-order valence-corrected chi connectivity index (χ1v) is 7.37. The second kappa shape index (κ2) is 6.37. The molecule has 2 atom stereocenters. The van der Waals surface area contributed by atoms with Gasteiger partial charge in [0, 0.05) is 18.5 Å². The molecule has 3 nitrogen and oxygen atoms in total. The highest BCUT2D eigenvalue weighted by Gasteiger charge is 2.20. The molecule has 0 saturated heterocycles. The standard InChI is InChI=1S/C14H22ClN3/c1-3-13-17-12(15)9-14(18-13)16-11-8-6-4-5-7-10(11)2/h9-11H,3-8H2,1-2H3,(H,16,17,18). The van der Waals surface area contributed by atoms with Gasteiger partial charge in [0.25, 0.3) is 0 Å². The molecule has 0 aromatic carbocycles. The summed E-state index contributed by atoms with van der Waals surface area (Å²) >= 11 is 6.02.